The van der Waals surface area contributed by atoms with Gasteiger partial charge in [-0.05, 0) is 26.7 Å². The Kier molecular flexibility index (Phi) is 4.52. The molecule has 1 saturated heterocycles. The first-order valence-corrected chi connectivity index (χ1v) is 9.82. The third-order valence-corrected chi connectivity index (χ3v) is 6.33. The third kappa shape index (κ3) is 3.13. The van der Waals surface area contributed by atoms with E-state index in [9.17, 15) is 9.59 Å². The molecular weight excluding hydrogens is 352 g/mol. The Morgan fingerprint density at radius 3 is 2.92 bits per heavy atom. The maximum absolute atomic E-state index is 12.9. The molecule has 1 aliphatic heterocycles. The molecule has 0 bridgehead atoms. The molecule has 3 heterocycles. The minimum atomic E-state index is -0.0460. The second-order valence-corrected chi connectivity index (χ2v) is 8.04. The van der Waals surface area contributed by atoms with Crippen molar-refractivity contribution >= 4 is 23.2 Å². The van der Waals surface area contributed by atoms with Gasteiger partial charge in [0.15, 0.2) is 0 Å². The topological polar surface area (TPSA) is 88.3 Å². The molecule has 1 fully saturated rings. The van der Waals surface area contributed by atoms with E-state index in [4.69, 9.17) is 9.51 Å². The van der Waals surface area contributed by atoms with Gasteiger partial charge in [-0.1, -0.05) is 5.16 Å². The highest BCUT2D eigenvalue weighted by Gasteiger charge is 2.32. The van der Waals surface area contributed by atoms with Crippen LogP contribution in [0.4, 0.5) is 0 Å². The van der Waals surface area contributed by atoms with Gasteiger partial charge in [0, 0.05) is 43.3 Å². The summed E-state index contributed by atoms with van der Waals surface area (Å²) in [7, 11) is 0. The number of nitrogens with one attached hydrogen (secondary N) is 1. The summed E-state index contributed by atoms with van der Waals surface area (Å²) in [5.41, 5.74) is 2.85. The van der Waals surface area contributed by atoms with Crippen molar-refractivity contribution in [2.75, 3.05) is 19.6 Å². The second-order valence-electron chi connectivity index (χ2n) is 6.95. The van der Waals surface area contributed by atoms with Gasteiger partial charge in [0.25, 0.3) is 0 Å². The smallest absolute Gasteiger partial charge is 0.226 e. The van der Waals surface area contributed by atoms with E-state index in [1.165, 1.54) is 4.88 Å². The van der Waals surface area contributed by atoms with Crippen molar-refractivity contribution in [3.05, 3.63) is 22.0 Å². The minimum absolute atomic E-state index is 0.0230. The van der Waals surface area contributed by atoms with Crippen LogP contribution < -0.4 is 5.32 Å². The summed E-state index contributed by atoms with van der Waals surface area (Å²) in [6.45, 7) is 5.46. The molecule has 4 rings (SSSR count). The molecular formula is C18H22N4O3S. The van der Waals surface area contributed by atoms with Crippen LogP contribution in [0.3, 0.4) is 0 Å². The molecule has 2 aromatic rings. The van der Waals surface area contributed by atoms with Crippen molar-refractivity contribution in [3.63, 3.8) is 0 Å². The van der Waals surface area contributed by atoms with Crippen LogP contribution in [0.15, 0.2) is 4.52 Å². The summed E-state index contributed by atoms with van der Waals surface area (Å²) in [5.74, 6) is 0.909. The van der Waals surface area contributed by atoms with Gasteiger partial charge in [-0.25, -0.2) is 4.98 Å². The summed E-state index contributed by atoms with van der Waals surface area (Å²) in [4.78, 5) is 32.3. The van der Waals surface area contributed by atoms with Gasteiger partial charge in [-0.15, -0.1) is 11.3 Å². The van der Waals surface area contributed by atoms with E-state index in [0.29, 0.717) is 32.5 Å². The Hall–Kier alpha value is -2.22. The zero-order valence-corrected chi connectivity index (χ0v) is 15.8. The Balaban J connectivity index is 1.51. The molecule has 0 radical (unpaired) electrons. The summed E-state index contributed by atoms with van der Waals surface area (Å²) in [5, 5.41) is 7.77. The molecule has 1 unspecified atom stereocenters. The van der Waals surface area contributed by atoms with E-state index in [2.05, 4.69) is 10.5 Å². The number of hydrogen-bond donors (Lipinski definition) is 1. The first-order chi connectivity index (χ1) is 12.5. The standard InChI is InChI=1S/C18H22N4O3S/c1-10-16(11(2)25-21-10)17-20-13-9-12(3-4-14(13)26-17)18(24)22-7-5-15(23)19-6-8-22/h12H,3-9H2,1-2H3,(H,19,23). The van der Waals surface area contributed by atoms with Crippen molar-refractivity contribution in [2.45, 2.75) is 39.5 Å². The molecule has 7 nitrogen and oxygen atoms in total. The fourth-order valence-electron chi connectivity index (χ4n) is 3.73. The van der Waals surface area contributed by atoms with Crippen LogP contribution in [-0.2, 0) is 22.4 Å². The van der Waals surface area contributed by atoms with Crippen molar-refractivity contribution in [3.8, 4) is 10.6 Å². The molecule has 2 aromatic heterocycles. The van der Waals surface area contributed by atoms with Crippen LogP contribution in [0.2, 0.25) is 0 Å². The summed E-state index contributed by atoms with van der Waals surface area (Å²) < 4.78 is 5.26. The molecule has 0 saturated carbocycles. The van der Waals surface area contributed by atoms with E-state index >= 15 is 0 Å². The Labute approximate surface area is 155 Å². The first-order valence-electron chi connectivity index (χ1n) is 9.00. The molecule has 8 heteroatoms. The van der Waals surface area contributed by atoms with Gasteiger partial charge in [0.05, 0.1) is 17.0 Å². The number of aryl methyl sites for hydroxylation is 3. The molecule has 0 aromatic carbocycles. The molecule has 1 N–H and O–H groups in total. The number of nitrogens with zero attached hydrogens (tertiary/aromatic N) is 3. The van der Waals surface area contributed by atoms with Gasteiger partial charge >= 0.3 is 0 Å². The average molecular weight is 374 g/mol. The lowest BCUT2D eigenvalue weighted by atomic mass is 9.89. The van der Waals surface area contributed by atoms with E-state index < -0.39 is 0 Å². The first kappa shape index (κ1) is 17.2. The van der Waals surface area contributed by atoms with Crippen LogP contribution in [0, 0.1) is 19.8 Å². The number of carbonyl (C=O) groups excluding carboxylic acids is 2. The van der Waals surface area contributed by atoms with Crippen LogP contribution in [-0.4, -0.2) is 46.5 Å². The highest BCUT2D eigenvalue weighted by molar-refractivity contribution is 7.15. The van der Waals surface area contributed by atoms with Crippen LogP contribution in [0.1, 0.15) is 34.9 Å². The number of rotatable bonds is 2. The van der Waals surface area contributed by atoms with Crippen molar-refractivity contribution in [1.82, 2.24) is 20.4 Å². The SMILES string of the molecule is Cc1noc(C)c1-c1nc2c(s1)CCC(C(=O)N1CCNC(=O)CC1)C2. The monoisotopic (exact) mass is 374 g/mol. The number of aromatic nitrogens is 2. The highest BCUT2D eigenvalue weighted by atomic mass is 32.1. The summed E-state index contributed by atoms with van der Waals surface area (Å²) in [6.07, 6.45) is 2.77. The quantitative estimate of drug-likeness (QED) is 0.867. The zero-order valence-electron chi connectivity index (χ0n) is 15.0. The number of fused-ring (bicyclic) bond motifs is 1. The number of thiazole rings is 1. The second kappa shape index (κ2) is 6.83. The summed E-state index contributed by atoms with van der Waals surface area (Å²) >= 11 is 1.68. The van der Waals surface area contributed by atoms with E-state index in [0.717, 1.165) is 40.6 Å². The normalized spacial score (nSPS) is 20.5. The van der Waals surface area contributed by atoms with E-state index in [-0.39, 0.29) is 17.7 Å². The predicted octanol–water partition coefficient (Wildman–Crippen LogP) is 1.87. The van der Waals surface area contributed by atoms with Gasteiger partial charge in [0.1, 0.15) is 10.8 Å². The Morgan fingerprint density at radius 2 is 2.15 bits per heavy atom. The van der Waals surface area contributed by atoms with Gasteiger partial charge in [-0.2, -0.15) is 0 Å². The molecule has 0 spiro atoms. The number of amides is 2. The predicted molar refractivity (Wildman–Crippen MR) is 96.8 cm³/mol. The molecule has 2 aliphatic rings. The lowest BCUT2D eigenvalue weighted by Gasteiger charge is -2.27. The number of hydrogen-bond acceptors (Lipinski definition) is 6. The molecule has 2 amide bonds. The zero-order chi connectivity index (χ0) is 18.3. The minimum Gasteiger partial charge on any atom is -0.361 e. The van der Waals surface area contributed by atoms with Gasteiger partial charge in [0.2, 0.25) is 11.8 Å². The van der Waals surface area contributed by atoms with Crippen LogP contribution in [0.5, 0.6) is 0 Å². The van der Waals surface area contributed by atoms with Crippen molar-refractivity contribution in [1.29, 1.82) is 0 Å². The third-order valence-electron chi connectivity index (χ3n) is 5.16. The molecule has 138 valence electrons. The molecule has 26 heavy (non-hydrogen) atoms. The Bertz CT molecular complexity index is 837. The molecule has 1 aliphatic carbocycles. The highest BCUT2D eigenvalue weighted by Crippen LogP contribution is 2.37. The van der Waals surface area contributed by atoms with E-state index in [1.54, 1.807) is 11.3 Å². The fourth-order valence-corrected chi connectivity index (χ4v) is 4.98. The number of carbonyl (C=O) groups is 2. The van der Waals surface area contributed by atoms with Crippen LogP contribution >= 0.6 is 11.3 Å². The van der Waals surface area contributed by atoms with Crippen LogP contribution in [0.25, 0.3) is 10.6 Å². The maximum atomic E-state index is 12.9. The fraction of sp³-hybridized carbons (Fsp3) is 0.556. The average Bonchev–Trinajstić information content (AvgIpc) is 3.10. The lowest BCUT2D eigenvalue weighted by Crippen LogP contribution is -2.40. The van der Waals surface area contributed by atoms with Gasteiger partial charge < -0.3 is 14.7 Å². The van der Waals surface area contributed by atoms with E-state index in [1.807, 2.05) is 18.7 Å². The maximum Gasteiger partial charge on any atom is 0.226 e. The lowest BCUT2D eigenvalue weighted by molar-refractivity contribution is -0.135. The Morgan fingerprint density at radius 1 is 1.31 bits per heavy atom. The molecule has 1 atom stereocenters. The van der Waals surface area contributed by atoms with Crippen molar-refractivity contribution < 1.29 is 14.1 Å². The summed E-state index contributed by atoms with van der Waals surface area (Å²) in [6, 6.07) is 0. The van der Waals surface area contributed by atoms with Gasteiger partial charge in [-0.3, -0.25) is 9.59 Å². The van der Waals surface area contributed by atoms with Crippen molar-refractivity contribution in [2.24, 2.45) is 5.92 Å². The largest absolute Gasteiger partial charge is 0.361 e.